The number of likely N-dealkylation sites (tertiary alicyclic amines) is 1. The molecule has 0 aliphatic carbocycles. The third-order valence-corrected chi connectivity index (χ3v) is 4.28. The minimum atomic E-state index is 0.0837. The van der Waals surface area contributed by atoms with Crippen molar-refractivity contribution in [1.82, 2.24) is 15.2 Å². The summed E-state index contributed by atoms with van der Waals surface area (Å²) in [4.78, 5) is 18.7. The van der Waals surface area contributed by atoms with Crippen LogP contribution in [0, 0.1) is 5.92 Å². The molecule has 1 aromatic heterocycles. The van der Waals surface area contributed by atoms with E-state index in [0.29, 0.717) is 23.8 Å². The standard InChI is InChI=1S/C19H23N3O2/c1-20-11-15-7-9-22(13-15)19(23)17-5-2-6-18(10-17)24-14-16-4-3-8-21-12-16/h2-6,8,10,12,15,20H,7,9,11,13-14H2,1H3/t15-/m0/s1. The lowest BCUT2D eigenvalue weighted by Gasteiger charge is -2.17. The van der Waals surface area contributed by atoms with Crippen LogP contribution in [-0.4, -0.2) is 42.5 Å². The Labute approximate surface area is 142 Å². The maximum absolute atomic E-state index is 12.7. The van der Waals surface area contributed by atoms with Gasteiger partial charge in [-0.05, 0) is 50.2 Å². The molecule has 1 saturated heterocycles. The van der Waals surface area contributed by atoms with Gasteiger partial charge >= 0.3 is 0 Å². The topological polar surface area (TPSA) is 54.5 Å². The van der Waals surface area contributed by atoms with Crippen molar-refractivity contribution in [3.8, 4) is 5.75 Å². The molecule has 1 aliphatic rings. The summed E-state index contributed by atoms with van der Waals surface area (Å²) in [5, 5.41) is 3.19. The quantitative estimate of drug-likeness (QED) is 0.886. The number of amides is 1. The molecular formula is C19H23N3O2. The van der Waals surface area contributed by atoms with Crippen LogP contribution in [0.4, 0.5) is 0 Å². The zero-order valence-electron chi connectivity index (χ0n) is 13.9. The fourth-order valence-electron chi connectivity index (χ4n) is 3.02. The van der Waals surface area contributed by atoms with Gasteiger partial charge in [-0.25, -0.2) is 0 Å². The predicted octanol–water partition coefficient (Wildman–Crippen LogP) is 2.34. The first-order valence-corrected chi connectivity index (χ1v) is 8.32. The number of nitrogens with one attached hydrogen (secondary N) is 1. The van der Waals surface area contributed by atoms with Crippen molar-refractivity contribution in [3.63, 3.8) is 0 Å². The van der Waals surface area contributed by atoms with Crippen LogP contribution in [0.5, 0.6) is 5.75 Å². The average Bonchev–Trinajstić information content (AvgIpc) is 3.09. The van der Waals surface area contributed by atoms with Gasteiger partial charge in [-0.3, -0.25) is 9.78 Å². The highest BCUT2D eigenvalue weighted by molar-refractivity contribution is 5.94. The fraction of sp³-hybridized carbons (Fsp3) is 0.368. The van der Waals surface area contributed by atoms with E-state index in [-0.39, 0.29) is 5.91 Å². The maximum atomic E-state index is 12.7. The van der Waals surface area contributed by atoms with E-state index >= 15 is 0 Å². The van der Waals surface area contributed by atoms with Gasteiger partial charge in [-0.2, -0.15) is 0 Å². The molecule has 5 heteroatoms. The molecule has 1 fully saturated rings. The summed E-state index contributed by atoms with van der Waals surface area (Å²) in [6, 6.07) is 11.3. The Morgan fingerprint density at radius 1 is 1.38 bits per heavy atom. The highest BCUT2D eigenvalue weighted by atomic mass is 16.5. The van der Waals surface area contributed by atoms with Gasteiger partial charge in [-0.1, -0.05) is 12.1 Å². The Balaban J connectivity index is 1.61. The molecule has 1 atom stereocenters. The first-order valence-electron chi connectivity index (χ1n) is 8.32. The number of ether oxygens (including phenoxy) is 1. The number of carbonyl (C=O) groups is 1. The van der Waals surface area contributed by atoms with Crippen molar-refractivity contribution in [2.75, 3.05) is 26.7 Å². The van der Waals surface area contributed by atoms with Crippen LogP contribution in [0.2, 0.25) is 0 Å². The second-order valence-electron chi connectivity index (χ2n) is 6.14. The summed E-state index contributed by atoms with van der Waals surface area (Å²) in [7, 11) is 1.95. The second-order valence-corrected chi connectivity index (χ2v) is 6.14. The normalized spacial score (nSPS) is 17.0. The number of benzene rings is 1. The van der Waals surface area contributed by atoms with Crippen LogP contribution in [0.1, 0.15) is 22.3 Å². The Morgan fingerprint density at radius 2 is 2.29 bits per heavy atom. The molecule has 126 valence electrons. The van der Waals surface area contributed by atoms with Crippen molar-refractivity contribution in [1.29, 1.82) is 0 Å². The number of pyridine rings is 1. The molecule has 1 N–H and O–H groups in total. The van der Waals surface area contributed by atoms with Crippen molar-refractivity contribution < 1.29 is 9.53 Å². The number of rotatable bonds is 6. The minimum Gasteiger partial charge on any atom is -0.489 e. The Morgan fingerprint density at radius 3 is 3.08 bits per heavy atom. The maximum Gasteiger partial charge on any atom is 0.253 e. The van der Waals surface area contributed by atoms with Gasteiger partial charge in [-0.15, -0.1) is 0 Å². The zero-order valence-corrected chi connectivity index (χ0v) is 13.9. The van der Waals surface area contributed by atoms with E-state index in [2.05, 4.69) is 10.3 Å². The molecule has 2 heterocycles. The molecule has 1 amide bonds. The molecule has 0 unspecified atom stereocenters. The third-order valence-electron chi connectivity index (χ3n) is 4.28. The monoisotopic (exact) mass is 325 g/mol. The summed E-state index contributed by atoms with van der Waals surface area (Å²) in [5.41, 5.74) is 1.69. The lowest BCUT2D eigenvalue weighted by Crippen LogP contribution is -2.30. The van der Waals surface area contributed by atoms with Crippen molar-refractivity contribution in [2.45, 2.75) is 13.0 Å². The first kappa shape index (κ1) is 16.5. The first-order chi connectivity index (χ1) is 11.8. The molecule has 24 heavy (non-hydrogen) atoms. The Bertz CT molecular complexity index is 675. The van der Waals surface area contributed by atoms with Gasteiger partial charge in [0.15, 0.2) is 0 Å². The molecule has 3 rings (SSSR count). The van der Waals surface area contributed by atoms with Gasteiger partial charge in [0, 0.05) is 36.6 Å². The van der Waals surface area contributed by atoms with Crippen LogP contribution >= 0.6 is 0 Å². The van der Waals surface area contributed by atoms with Crippen molar-refractivity contribution >= 4 is 5.91 Å². The number of hydrogen-bond acceptors (Lipinski definition) is 4. The Kier molecular flexibility index (Phi) is 5.43. The molecular weight excluding hydrogens is 302 g/mol. The molecule has 0 radical (unpaired) electrons. The zero-order chi connectivity index (χ0) is 16.8. The number of aromatic nitrogens is 1. The van der Waals surface area contributed by atoms with E-state index in [9.17, 15) is 4.79 Å². The Hall–Kier alpha value is -2.40. The molecule has 1 aromatic carbocycles. The number of hydrogen-bond donors (Lipinski definition) is 1. The van der Waals surface area contributed by atoms with E-state index in [1.807, 2.05) is 48.3 Å². The van der Waals surface area contributed by atoms with Gasteiger partial charge < -0.3 is 15.0 Å². The summed E-state index contributed by atoms with van der Waals surface area (Å²) >= 11 is 0. The highest BCUT2D eigenvalue weighted by Crippen LogP contribution is 2.21. The van der Waals surface area contributed by atoms with E-state index in [1.54, 1.807) is 12.4 Å². The molecule has 2 aromatic rings. The van der Waals surface area contributed by atoms with Crippen LogP contribution < -0.4 is 10.1 Å². The van der Waals surface area contributed by atoms with Crippen LogP contribution in [0.15, 0.2) is 48.8 Å². The van der Waals surface area contributed by atoms with Gasteiger partial charge in [0.1, 0.15) is 12.4 Å². The smallest absolute Gasteiger partial charge is 0.253 e. The third kappa shape index (κ3) is 4.11. The molecule has 1 aliphatic heterocycles. The number of nitrogens with zero attached hydrogens (tertiary/aromatic N) is 2. The lowest BCUT2D eigenvalue weighted by molar-refractivity contribution is 0.0786. The van der Waals surface area contributed by atoms with Crippen LogP contribution in [0.3, 0.4) is 0 Å². The van der Waals surface area contributed by atoms with Gasteiger partial charge in [0.2, 0.25) is 0 Å². The molecule has 0 bridgehead atoms. The summed E-state index contributed by atoms with van der Waals surface area (Å²) in [6.45, 7) is 3.05. The summed E-state index contributed by atoms with van der Waals surface area (Å²) < 4.78 is 5.78. The summed E-state index contributed by atoms with van der Waals surface area (Å²) in [6.07, 6.45) is 4.57. The second kappa shape index (κ2) is 7.93. The average molecular weight is 325 g/mol. The number of carbonyl (C=O) groups excluding carboxylic acids is 1. The van der Waals surface area contributed by atoms with E-state index in [4.69, 9.17) is 4.74 Å². The van der Waals surface area contributed by atoms with E-state index in [1.165, 1.54) is 0 Å². The summed E-state index contributed by atoms with van der Waals surface area (Å²) in [5.74, 6) is 1.33. The fourth-order valence-corrected chi connectivity index (χ4v) is 3.02. The van der Waals surface area contributed by atoms with Crippen LogP contribution in [-0.2, 0) is 6.61 Å². The highest BCUT2D eigenvalue weighted by Gasteiger charge is 2.26. The predicted molar refractivity (Wildman–Crippen MR) is 92.9 cm³/mol. The SMILES string of the molecule is CNC[C@@H]1CCN(C(=O)c2cccc(OCc3cccnc3)c2)C1. The lowest BCUT2D eigenvalue weighted by atomic mass is 10.1. The van der Waals surface area contributed by atoms with Crippen molar-refractivity contribution in [3.05, 3.63) is 59.9 Å². The largest absolute Gasteiger partial charge is 0.489 e. The molecule has 5 nitrogen and oxygen atoms in total. The van der Waals surface area contributed by atoms with Crippen molar-refractivity contribution in [2.24, 2.45) is 5.92 Å². The minimum absolute atomic E-state index is 0.0837. The van der Waals surface area contributed by atoms with E-state index < -0.39 is 0 Å². The van der Waals surface area contributed by atoms with E-state index in [0.717, 1.165) is 31.6 Å². The van der Waals surface area contributed by atoms with Gasteiger partial charge in [0.25, 0.3) is 5.91 Å². The molecule has 0 spiro atoms. The van der Waals surface area contributed by atoms with Gasteiger partial charge in [0.05, 0.1) is 0 Å². The van der Waals surface area contributed by atoms with Crippen LogP contribution in [0.25, 0.3) is 0 Å². The molecule has 0 saturated carbocycles.